The zero-order chi connectivity index (χ0) is 18.7. The number of aromatic amines is 1. The molecule has 0 aliphatic rings. The van der Waals surface area contributed by atoms with E-state index in [1.54, 1.807) is 24.3 Å². The number of halogens is 1. The second-order valence-electron chi connectivity index (χ2n) is 5.49. The van der Waals surface area contributed by atoms with E-state index < -0.39 is 29.4 Å². The standard InChI is InChI=1S/C18H14FN3O4/c1-10(16(23)20-12-8-6-11(19)7-9-12)26-18(25)15-13-4-2-3-5-14(13)17(24)22-21-15/h2-10H,1H3,(H,20,23)(H,22,24)/t10-/m1/s1. The van der Waals surface area contributed by atoms with Crippen LogP contribution in [0.15, 0.2) is 53.3 Å². The number of carbonyl (C=O) groups excluding carboxylic acids is 2. The van der Waals surface area contributed by atoms with Gasteiger partial charge in [0.25, 0.3) is 11.5 Å². The number of benzene rings is 2. The van der Waals surface area contributed by atoms with Gasteiger partial charge in [-0.3, -0.25) is 9.59 Å². The number of rotatable bonds is 4. The van der Waals surface area contributed by atoms with Crippen molar-refractivity contribution in [3.63, 3.8) is 0 Å². The van der Waals surface area contributed by atoms with Crippen LogP contribution in [0.4, 0.5) is 10.1 Å². The summed E-state index contributed by atoms with van der Waals surface area (Å²) in [5.74, 6) is -1.86. The minimum Gasteiger partial charge on any atom is -0.448 e. The maximum atomic E-state index is 12.9. The van der Waals surface area contributed by atoms with Gasteiger partial charge in [0.1, 0.15) is 5.82 Å². The van der Waals surface area contributed by atoms with Crippen molar-refractivity contribution >= 4 is 28.3 Å². The molecule has 0 saturated carbocycles. The summed E-state index contributed by atoms with van der Waals surface area (Å²) in [6, 6.07) is 11.6. The summed E-state index contributed by atoms with van der Waals surface area (Å²) in [6.07, 6.45) is -1.12. The molecule has 1 atom stereocenters. The molecule has 0 fully saturated rings. The molecule has 0 unspecified atom stereocenters. The van der Waals surface area contributed by atoms with Gasteiger partial charge in [-0.1, -0.05) is 18.2 Å². The van der Waals surface area contributed by atoms with Crippen molar-refractivity contribution in [2.24, 2.45) is 0 Å². The van der Waals surface area contributed by atoms with Crippen LogP contribution < -0.4 is 10.9 Å². The number of nitrogens with one attached hydrogen (secondary N) is 2. The van der Waals surface area contributed by atoms with Crippen molar-refractivity contribution in [2.45, 2.75) is 13.0 Å². The summed E-state index contributed by atoms with van der Waals surface area (Å²) in [6.45, 7) is 1.39. The fourth-order valence-electron chi connectivity index (χ4n) is 2.32. The number of fused-ring (bicyclic) bond motifs is 1. The number of aromatic nitrogens is 2. The zero-order valence-electron chi connectivity index (χ0n) is 13.7. The Balaban J connectivity index is 1.75. The molecule has 26 heavy (non-hydrogen) atoms. The van der Waals surface area contributed by atoms with Crippen LogP contribution >= 0.6 is 0 Å². The highest BCUT2D eigenvalue weighted by Crippen LogP contribution is 2.15. The van der Waals surface area contributed by atoms with Crippen molar-refractivity contribution in [3.05, 3.63) is 70.4 Å². The summed E-state index contributed by atoms with van der Waals surface area (Å²) in [4.78, 5) is 36.2. The van der Waals surface area contributed by atoms with E-state index in [9.17, 15) is 18.8 Å². The number of nitrogens with zero attached hydrogens (tertiary/aromatic N) is 1. The molecule has 2 N–H and O–H groups in total. The van der Waals surface area contributed by atoms with Gasteiger partial charge in [-0.2, -0.15) is 5.10 Å². The molecule has 0 bridgehead atoms. The number of ether oxygens (including phenoxy) is 1. The van der Waals surface area contributed by atoms with Gasteiger partial charge in [0.2, 0.25) is 0 Å². The van der Waals surface area contributed by atoms with Crippen LogP contribution in [0.5, 0.6) is 0 Å². The van der Waals surface area contributed by atoms with Crippen LogP contribution in [0.2, 0.25) is 0 Å². The SMILES string of the molecule is C[C@@H](OC(=O)c1n[nH]c(=O)c2ccccc12)C(=O)Nc1ccc(F)cc1. The van der Waals surface area contributed by atoms with Gasteiger partial charge in [0.05, 0.1) is 5.39 Å². The Hall–Kier alpha value is -3.55. The molecule has 0 radical (unpaired) electrons. The topological polar surface area (TPSA) is 101 Å². The summed E-state index contributed by atoms with van der Waals surface area (Å²) >= 11 is 0. The molecular weight excluding hydrogens is 341 g/mol. The molecule has 1 aromatic heterocycles. The Morgan fingerprint density at radius 1 is 1.12 bits per heavy atom. The van der Waals surface area contributed by atoms with E-state index in [0.717, 1.165) is 0 Å². The van der Waals surface area contributed by atoms with Crippen LogP contribution in [-0.2, 0) is 9.53 Å². The van der Waals surface area contributed by atoms with Crippen molar-refractivity contribution in [2.75, 3.05) is 5.32 Å². The molecule has 0 aliphatic carbocycles. The summed E-state index contributed by atoms with van der Waals surface area (Å²) in [5, 5.41) is 9.08. The zero-order valence-corrected chi connectivity index (χ0v) is 13.7. The number of amides is 1. The van der Waals surface area contributed by atoms with E-state index >= 15 is 0 Å². The fraction of sp³-hybridized carbons (Fsp3) is 0.111. The van der Waals surface area contributed by atoms with E-state index in [1.807, 2.05) is 0 Å². The minimum absolute atomic E-state index is 0.0957. The molecular formula is C18H14FN3O4. The molecule has 0 saturated heterocycles. The predicted molar refractivity (Wildman–Crippen MR) is 92.3 cm³/mol. The molecule has 7 nitrogen and oxygen atoms in total. The second kappa shape index (κ2) is 7.14. The maximum Gasteiger partial charge on any atom is 0.360 e. The van der Waals surface area contributed by atoms with Gasteiger partial charge < -0.3 is 10.1 Å². The van der Waals surface area contributed by atoms with Gasteiger partial charge in [-0.25, -0.2) is 14.3 Å². The molecule has 1 amide bonds. The van der Waals surface area contributed by atoms with E-state index in [0.29, 0.717) is 11.1 Å². The third-order valence-electron chi connectivity index (χ3n) is 3.65. The molecule has 0 spiro atoms. The summed E-state index contributed by atoms with van der Waals surface area (Å²) < 4.78 is 18.0. The lowest BCUT2D eigenvalue weighted by atomic mass is 10.1. The lowest BCUT2D eigenvalue weighted by Gasteiger charge is -2.13. The molecule has 132 valence electrons. The van der Waals surface area contributed by atoms with Crippen molar-refractivity contribution in [1.29, 1.82) is 0 Å². The van der Waals surface area contributed by atoms with Gasteiger partial charge in [0.15, 0.2) is 11.8 Å². The lowest BCUT2D eigenvalue weighted by molar-refractivity contribution is -0.123. The Kier molecular flexibility index (Phi) is 4.74. The van der Waals surface area contributed by atoms with E-state index in [4.69, 9.17) is 4.74 Å². The number of anilines is 1. The van der Waals surface area contributed by atoms with Gasteiger partial charge in [0, 0.05) is 11.1 Å². The predicted octanol–water partition coefficient (Wildman–Crippen LogP) is 2.25. The largest absolute Gasteiger partial charge is 0.448 e. The number of esters is 1. The third kappa shape index (κ3) is 3.59. The molecule has 1 heterocycles. The highest BCUT2D eigenvalue weighted by Gasteiger charge is 2.22. The maximum absolute atomic E-state index is 12.9. The number of hydrogen-bond acceptors (Lipinski definition) is 5. The Bertz CT molecular complexity index is 1030. The van der Waals surface area contributed by atoms with Crippen LogP contribution in [0.1, 0.15) is 17.4 Å². The second-order valence-corrected chi connectivity index (χ2v) is 5.49. The molecule has 8 heteroatoms. The average molecular weight is 355 g/mol. The van der Waals surface area contributed by atoms with Crippen LogP contribution in [0, 0.1) is 5.82 Å². The Morgan fingerprint density at radius 2 is 1.77 bits per heavy atom. The highest BCUT2D eigenvalue weighted by molar-refractivity contribution is 6.03. The normalized spacial score (nSPS) is 11.8. The van der Waals surface area contributed by atoms with Crippen LogP contribution in [-0.4, -0.2) is 28.2 Å². The Labute approximate surface area is 146 Å². The summed E-state index contributed by atoms with van der Waals surface area (Å²) in [7, 11) is 0. The van der Waals surface area contributed by atoms with Crippen molar-refractivity contribution < 1.29 is 18.7 Å². The smallest absolute Gasteiger partial charge is 0.360 e. The van der Waals surface area contributed by atoms with Crippen molar-refractivity contribution in [1.82, 2.24) is 10.2 Å². The average Bonchev–Trinajstić information content (AvgIpc) is 2.64. The highest BCUT2D eigenvalue weighted by atomic mass is 19.1. The first kappa shape index (κ1) is 17.3. The first-order chi connectivity index (χ1) is 12.5. The van der Waals surface area contributed by atoms with Crippen LogP contribution in [0.25, 0.3) is 10.8 Å². The first-order valence-corrected chi connectivity index (χ1v) is 7.70. The third-order valence-corrected chi connectivity index (χ3v) is 3.65. The molecule has 2 aromatic carbocycles. The van der Waals surface area contributed by atoms with Crippen LogP contribution in [0.3, 0.4) is 0 Å². The summed E-state index contributed by atoms with van der Waals surface area (Å²) in [5.41, 5.74) is -0.159. The molecule has 0 aliphatic heterocycles. The van der Waals surface area contributed by atoms with E-state index in [2.05, 4.69) is 15.5 Å². The Morgan fingerprint density at radius 3 is 2.46 bits per heavy atom. The van der Waals surface area contributed by atoms with Gasteiger partial charge in [-0.15, -0.1) is 0 Å². The number of hydrogen-bond donors (Lipinski definition) is 2. The van der Waals surface area contributed by atoms with Crippen molar-refractivity contribution in [3.8, 4) is 0 Å². The first-order valence-electron chi connectivity index (χ1n) is 7.70. The van der Waals surface area contributed by atoms with Gasteiger partial charge in [-0.05, 0) is 37.3 Å². The lowest BCUT2D eigenvalue weighted by Crippen LogP contribution is -2.30. The quantitative estimate of drug-likeness (QED) is 0.699. The van der Waals surface area contributed by atoms with Gasteiger partial charge >= 0.3 is 5.97 Å². The molecule has 3 aromatic rings. The number of H-pyrrole nitrogens is 1. The van der Waals surface area contributed by atoms with E-state index in [1.165, 1.54) is 31.2 Å². The van der Waals surface area contributed by atoms with E-state index in [-0.39, 0.29) is 11.1 Å². The number of carbonyl (C=O) groups is 2. The fourth-order valence-corrected chi connectivity index (χ4v) is 2.32. The molecule has 3 rings (SSSR count). The monoisotopic (exact) mass is 355 g/mol. The minimum atomic E-state index is -1.12.